The number of amides is 1. The van der Waals surface area contributed by atoms with Gasteiger partial charge in [0.05, 0.1) is 20.8 Å². The zero-order chi connectivity index (χ0) is 16.8. The Morgan fingerprint density at radius 3 is 2.96 bits per heavy atom. The number of hydrogen-bond acceptors (Lipinski definition) is 6. The van der Waals surface area contributed by atoms with Gasteiger partial charge in [-0.1, -0.05) is 6.07 Å². The van der Waals surface area contributed by atoms with Crippen molar-refractivity contribution >= 4 is 67.6 Å². The number of thioether (sulfide) groups is 1. The Bertz CT molecular complexity index is 782. The number of nitrogens with zero attached hydrogens (tertiary/aromatic N) is 1. The third-order valence-electron chi connectivity index (χ3n) is 3.07. The molecular formula is C16H15BrN2OS4. The first-order valence-corrected chi connectivity index (χ1v) is 11.8. The van der Waals surface area contributed by atoms with Crippen molar-refractivity contribution in [2.75, 3.05) is 12.3 Å². The number of nitrogens with one attached hydrogen (secondary N) is 1. The maximum absolute atomic E-state index is 12.0. The van der Waals surface area contributed by atoms with Gasteiger partial charge in [-0.25, -0.2) is 4.98 Å². The lowest BCUT2D eigenvalue weighted by molar-refractivity contribution is -0.120. The summed E-state index contributed by atoms with van der Waals surface area (Å²) in [5, 5.41) is 7.97. The van der Waals surface area contributed by atoms with E-state index in [1.807, 2.05) is 28.6 Å². The van der Waals surface area contributed by atoms with E-state index in [0.717, 1.165) is 30.9 Å². The second-order valence-corrected chi connectivity index (χ2v) is 10.4. The third-order valence-corrected chi connectivity index (χ3v) is 7.81. The van der Waals surface area contributed by atoms with Gasteiger partial charge >= 0.3 is 0 Å². The van der Waals surface area contributed by atoms with Gasteiger partial charge in [0.15, 0.2) is 0 Å². The van der Waals surface area contributed by atoms with E-state index in [9.17, 15) is 4.79 Å². The minimum atomic E-state index is 0.0393. The minimum absolute atomic E-state index is 0.0393. The van der Waals surface area contributed by atoms with Crippen LogP contribution in [0.2, 0.25) is 0 Å². The van der Waals surface area contributed by atoms with Crippen LogP contribution in [0.5, 0.6) is 0 Å². The van der Waals surface area contributed by atoms with Crippen molar-refractivity contribution in [1.82, 2.24) is 10.3 Å². The average Bonchev–Trinajstić information content (AvgIpc) is 3.28. The Hall–Kier alpha value is -0.670. The van der Waals surface area contributed by atoms with E-state index in [0.29, 0.717) is 13.0 Å². The average molecular weight is 459 g/mol. The monoisotopic (exact) mass is 458 g/mol. The summed E-state index contributed by atoms with van der Waals surface area (Å²) in [7, 11) is 0. The van der Waals surface area contributed by atoms with Gasteiger partial charge in [0.1, 0.15) is 5.01 Å². The molecule has 0 aromatic carbocycles. The summed E-state index contributed by atoms with van der Waals surface area (Å²) < 4.78 is 1.16. The Kier molecular flexibility index (Phi) is 6.91. The predicted octanol–water partition coefficient (Wildman–Crippen LogP) is 5.29. The van der Waals surface area contributed by atoms with E-state index in [-0.39, 0.29) is 5.91 Å². The molecule has 0 aliphatic rings. The molecule has 0 spiro atoms. The zero-order valence-corrected chi connectivity index (χ0v) is 17.5. The van der Waals surface area contributed by atoms with E-state index >= 15 is 0 Å². The molecule has 3 heterocycles. The van der Waals surface area contributed by atoms with Crippen molar-refractivity contribution in [3.8, 4) is 9.88 Å². The number of rotatable bonds is 8. The van der Waals surface area contributed by atoms with E-state index in [4.69, 9.17) is 0 Å². The number of carbonyl (C=O) groups is 1. The second kappa shape index (κ2) is 9.15. The first-order chi connectivity index (χ1) is 11.7. The van der Waals surface area contributed by atoms with E-state index in [1.54, 1.807) is 34.0 Å². The number of aromatic nitrogens is 1. The topological polar surface area (TPSA) is 42.0 Å². The van der Waals surface area contributed by atoms with Gasteiger partial charge in [-0.3, -0.25) is 4.79 Å². The van der Waals surface area contributed by atoms with Crippen LogP contribution in [0.3, 0.4) is 0 Å². The van der Waals surface area contributed by atoms with Crippen molar-refractivity contribution in [3.63, 3.8) is 0 Å². The third kappa shape index (κ3) is 5.42. The number of hydrogen-bond donors (Lipinski definition) is 1. The molecule has 126 valence electrons. The Balaban J connectivity index is 1.35. The highest BCUT2D eigenvalue weighted by molar-refractivity contribution is 9.11. The Morgan fingerprint density at radius 1 is 1.29 bits per heavy atom. The standard InChI is InChI=1S/C16H15BrN2OS4/c17-14-4-3-12(24-14)10-21-7-5-18-15(20)8-11-9-23-16(19-11)13-2-1-6-22-13/h1-4,6,9H,5,7-8,10H2,(H,18,20). The molecule has 0 aliphatic heterocycles. The van der Waals surface area contributed by atoms with Crippen molar-refractivity contribution in [1.29, 1.82) is 0 Å². The SMILES string of the molecule is O=C(Cc1csc(-c2cccs2)n1)NCCSCc1ccc(Br)s1. The lowest BCUT2D eigenvalue weighted by Crippen LogP contribution is -2.27. The number of thiophene rings is 2. The summed E-state index contributed by atoms with van der Waals surface area (Å²) in [6.45, 7) is 0.692. The quantitative estimate of drug-likeness (QED) is 0.466. The molecule has 24 heavy (non-hydrogen) atoms. The van der Waals surface area contributed by atoms with Gasteiger partial charge in [0.25, 0.3) is 0 Å². The Morgan fingerprint density at radius 2 is 2.21 bits per heavy atom. The van der Waals surface area contributed by atoms with Gasteiger partial charge < -0.3 is 5.32 Å². The summed E-state index contributed by atoms with van der Waals surface area (Å²) >= 11 is 10.3. The molecule has 1 N–H and O–H groups in total. The molecule has 0 saturated heterocycles. The van der Waals surface area contributed by atoms with Crippen LogP contribution >= 0.6 is 61.7 Å². The molecule has 3 nitrogen and oxygen atoms in total. The van der Waals surface area contributed by atoms with Crippen LogP contribution in [-0.2, 0) is 17.0 Å². The molecule has 0 bridgehead atoms. The number of halogens is 1. The molecule has 0 fully saturated rings. The van der Waals surface area contributed by atoms with Gasteiger partial charge in [-0.15, -0.1) is 34.0 Å². The van der Waals surface area contributed by atoms with Crippen LogP contribution in [0, 0.1) is 0 Å². The molecule has 3 aromatic heterocycles. The van der Waals surface area contributed by atoms with E-state index in [1.165, 1.54) is 4.88 Å². The van der Waals surface area contributed by atoms with E-state index < -0.39 is 0 Å². The summed E-state index contributed by atoms with van der Waals surface area (Å²) in [6, 6.07) is 8.27. The van der Waals surface area contributed by atoms with Gasteiger partial charge in [0, 0.05) is 28.3 Å². The number of thiazole rings is 1. The first-order valence-electron chi connectivity index (χ1n) is 7.27. The van der Waals surface area contributed by atoms with Crippen LogP contribution in [-0.4, -0.2) is 23.2 Å². The fourth-order valence-electron chi connectivity index (χ4n) is 1.99. The molecular weight excluding hydrogens is 444 g/mol. The van der Waals surface area contributed by atoms with Crippen molar-refractivity contribution < 1.29 is 4.79 Å². The normalized spacial score (nSPS) is 10.9. The molecule has 0 atom stereocenters. The smallest absolute Gasteiger partial charge is 0.226 e. The van der Waals surface area contributed by atoms with Crippen LogP contribution < -0.4 is 5.32 Å². The van der Waals surface area contributed by atoms with E-state index in [2.05, 4.69) is 44.4 Å². The maximum Gasteiger partial charge on any atom is 0.226 e. The molecule has 1 amide bonds. The van der Waals surface area contributed by atoms with Crippen LogP contribution in [0.25, 0.3) is 9.88 Å². The molecule has 0 aliphatic carbocycles. The largest absolute Gasteiger partial charge is 0.355 e. The van der Waals surface area contributed by atoms with Crippen molar-refractivity contribution in [3.05, 3.63) is 49.4 Å². The second-order valence-electron chi connectivity index (χ2n) is 4.91. The highest BCUT2D eigenvalue weighted by Crippen LogP contribution is 2.28. The lowest BCUT2D eigenvalue weighted by Gasteiger charge is -2.03. The maximum atomic E-state index is 12.0. The lowest BCUT2D eigenvalue weighted by atomic mass is 10.3. The Labute approximate surface area is 165 Å². The summed E-state index contributed by atoms with van der Waals surface area (Å²) in [4.78, 5) is 19.0. The fourth-order valence-corrected chi connectivity index (χ4v) is 6.08. The van der Waals surface area contributed by atoms with Gasteiger partial charge in [-0.2, -0.15) is 11.8 Å². The molecule has 0 radical (unpaired) electrons. The predicted molar refractivity (Wildman–Crippen MR) is 110 cm³/mol. The molecule has 8 heteroatoms. The van der Waals surface area contributed by atoms with Gasteiger partial charge in [-0.05, 0) is 39.5 Å². The molecule has 0 saturated carbocycles. The van der Waals surface area contributed by atoms with Gasteiger partial charge in [0.2, 0.25) is 5.91 Å². The highest BCUT2D eigenvalue weighted by Gasteiger charge is 2.09. The van der Waals surface area contributed by atoms with Crippen LogP contribution in [0.15, 0.2) is 38.8 Å². The van der Waals surface area contributed by atoms with Crippen LogP contribution in [0.1, 0.15) is 10.6 Å². The number of carbonyl (C=O) groups excluding carboxylic acids is 1. The summed E-state index contributed by atoms with van der Waals surface area (Å²) in [5.41, 5.74) is 0.844. The van der Waals surface area contributed by atoms with Crippen molar-refractivity contribution in [2.24, 2.45) is 0 Å². The minimum Gasteiger partial charge on any atom is -0.355 e. The summed E-state index contributed by atoms with van der Waals surface area (Å²) in [6.07, 6.45) is 0.352. The summed E-state index contributed by atoms with van der Waals surface area (Å²) in [5.74, 6) is 1.94. The van der Waals surface area contributed by atoms with Crippen molar-refractivity contribution in [2.45, 2.75) is 12.2 Å². The molecule has 0 unspecified atom stereocenters. The fraction of sp³-hybridized carbons (Fsp3) is 0.250. The molecule has 3 rings (SSSR count). The highest BCUT2D eigenvalue weighted by atomic mass is 79.9. The first kappa shape index (κ1) is 18.1. The molecule has 3 aromatic rings. The van der Waals surface area contributed by atoms with Crippen LogP contribution in [0.4, 0.5) is 0 Å². The zero-order valence-electron chi connectivity index (χ0n) is 12.7.